The number of aliphatic hydroxyl groups is 1. The minimum absolute atomic E-state index is 0.0881. The number of aliphatic hydroxyl groups excluding tert-OH is 1. The minimum atomic E-state index is 0.0881. The van der Waals surface area contributed by atoms with Gasteiger partial charge in [0.1, 0.15) is 11.3 Å². The average molecular weight is 394 g/mol. The highest BCUT2D eigenvalue weighted by Crippen LogP contribution is 2.35. The van der Waals surface area contributed by atoms with Gasteiger partial charge in [-0.1, -0.05) is 54.1 Å². The van der Waals surface area contributed by atoms with E-state index in [-0.39, 0.29) is 6.61 Å². The molecule has 4 N–H and O–H groups in total. The Hall–Kier alpha value is -2.93. The molecule has 7 heteroatoms. The van der Waals surface area contributed by atoms with Crippen LogP contribution in [-0.4, -0.2) is 33.2 Å². The van der Waals surface area contributed by atoms with Crippen LogP contribution in [0.1, 0.15) is 5.82 Å². The molecule has 0 atom stereocenters. The topological polar surface area (TPSA) is 85.9 Å². The van der Waals surface area contributed by atoms with Crippen LogP contribution in [0.3, 0.4) is 0 Å². The fourth-order valence-electron chi connectivity index (χ4n) is 3.05. The number of imidazole rings is 1. The van der Waals surface area contributed by atoms with E-state index in [1.165, 1.54) is 0 Å². The fraction of sp³-hybridized carbons (Fsp3) is 0.143. The van der Waals surface area contributed by atoms with Gasteiger partial charge in [-0.25, -0.2) is 9.97 Å². The van der Waals surface area contributed by atoms with Crippen molar-refractivity contribution < 1.29 is 5.11 Å². The van der Waals surface area contributed by atoms with Crippen LogP contribution in [0.5, 0.6) is 0 Å². The molecule has 0 aliphatic rings. The van der Waals surface area contributed by atoms with Crippen LogP contribution < -0.4 is 10.6 Å². The van der Waals surface area contributed by atoms with Crippen LogP contribution in [0.2, 0.25) is 5.02 Å². The highest BCUT2D eigenvalue weighted by Gasteiger charge is 2.12. The van der Waals surface area contributed by atoms with E-state index in [1.807, 2.05) is 54.6 Å². The number of aromatic amines is 1. The smallest absolute Gasteiger partial charge is 0.156 e. The second kappa shape index (κ2) is 8.39. The molecule has 0 spiro atoms. The molecular formula is C21H20ClN5O. The molecule has 4 rings (SSSR count). The van der Waals surface area contributed by atoms with Crippen LogP contribution in [0.15, 0.2) is 60.8 Å². The molecule has 2 aromatic heterocycles. The van der Waals surface area contributed by atoms with Gasteiger partial charge in [0.25, 0.3) is 0 Å². The number of fused-ring (bicyclic) bond motifs is 1. The first-order valence-electron chi connectivity index (χ1n) is 9.02. The Morgan fingerprint density at radius 2 is 1.89 bits per heavy atom. The van der Waals surface area contributed by atoms with Crippen LogP contribution in [0, 0.1) is 0 Å². The molecule has 0 radical (unpaired) electrons. The van der Waals surface area contributed by atoms with Gasteiger partial charge in [-0.3, -0.25) is 0 Å². The highest BCUT2D eigenvalue weighted by atomic mass is 35.5. The maximum atomic E-state index is 8.90. The first-order chi connectivity index (χ1) is 13.8. The Bertz CT molecular complexity index is 1080. The molecule has 28 heavy (non-hydrogen) atoms. The molecule has 2 aromatic carbocycles. The summed E-state index contributed by atoms with van der Waals surface area (Å²) < 4.78 is 0. The highest BCUT2D eigenvalue weighted by molar-refractivity contribution is 6.36. The van der Waals surface area contributed by atoms with Crippen LogP contribution >= 0.6 is 11.6 Å². The van der Waals surface area contributed by atoms with E-state index in [1.54, 1.807) is 6.20 Å². The molecule has 0 aliphatic carbocycles. The lowest BCUT2D eigenvalue weighted by Gasteiger charge is -2.12. The van der Waals surface area contributed by atoms with Gasteiger partial charge in [0.05, 0.1) is 29.4 Å². The summed E-state index contributed by atoms with van der Waals surface area (Å²) in [5.74, 6) is 1.44. The van der Waals surface area contributed by atoms with Crippen molar-refractivity contribution >= 4 is 34.1 Å². The third-order valence-corrected chi connectivity index (χ3v) is 4.78. The van der Waals surface area contributed by atoms with Crippen molar-refractivity contribution in [3.8, 4) is 11.1 Å². The summed E-state index contributed by atoms with van der Waals surface area (Å²) in [4.78, 5) is 12.3. The number of H-pyrrole nitrogens is 1. The Morgan fingerprint density at radius 1 is 1.04 bits per heavy atom. The molecule has 4 aromatic rings. The molecular weight excluding hydrogens is 374 g/mol. The molecule has 0 saturated carbocycles. The lowest BCUT2D eigenvalue weighted by Crippen LogP contribution is -2.18. The number of anilines is 2. The van der Waals surface area contributed by atoms with Crippen LogP contribution in [-0.2, 0) is 6.54 Å². The lowest BCUT2D eigenvalue weighted by molar-refractivity contribution is 0.291. The van der Waals surface area contributed by atoms with Crippen molar-refractivity contribution in [1.29, 1.82) is 0 Å². The van der Waals surface area contributed by atoms with Gasteiger partial charge in [-0.15, -0.1) is 0 Å². The van der Waals surface area contributed by atoms with Gasteiger partial charge in [-0.05, 0) is 17.7 Å². The number of nitrogens with zero attached hydrogens (tertiary/aromatic N) is 2. The lowest BCUT2D eigenvalue weighted by atomic mass is 10.1. The van der Waals surface area contributed by atoms with E-state index in [2.05, 4.69) is 25.6 Å². The number of benzene rings is 2. The normalized spacial score (nSPS) is 11.1. The summed E-state index contributed by atoms with van der Waals surface area (Å²) in [5.41, 5.74) is 4.41. The van der Waals surface area contributed by atoms with Crippen molar-refractivity contribution in [1.82, 2.24) is 20.3 Å². The molecule has 0 unspecified atom stereocenters. The molecule has 0 bridgehead atoms. The summed E-state index contributed by atoms with van der Waals surface area (Å²) in [6.45, 7) is 1.14. The monoisotopic (exact) mass is 393 g/mol. The van der Waals surface area contributed by atoms with Gasteiger partial charge in [0.15, 0.2) is 5.82 Å². The Kier molecular flexibility index (Phi) is 5.53. The van der Waals surface area contributed by atoms with Crippen molar-refractivity contribution in [2.75, 3.05) is 18.5 Å². The number of hydrogen-bond donors (Lipinski definition) is 4. The second-order valence-corrected chi connectivity index (χ2v) is 6.67. The number of halogens is 1. The van der Waals surface area contributed by atoms with E-state index in [0.29, 0.717) is 23.9 Å². The summed E-state index contributed by atoms with van der Waals surface area (Å²) >= 11 is 6.68. The summed E-state index contributed by atoms with van der Waals surface area (Å²) in [5, 5.41) is 16.0. The molecule has 142 valence electrons. The standard InChI is InChI=1S/C21H20ClN5O/c22-19-15(14-5-2-1-3-6-14)7-4-8-16(19)26-21-20-17(9-10-24-21)25-18(27-20)13-23-11-12-28/h1-10,23,28H,11-13H2,(H,24,26)(H,25,27). The van der Waals surface area contributed by atoms with Crippen LogP contribution in [0.25, 0.3) is 22.2 Å². The zero-order valence-corrected chi connectivity index (χ0v) is 15.9. The van der Waals surface area contributed by atoms with Gasteiger partial charge in [0.2, 0.25) is 0 Å². The number of rotatable bonds is 7. The van der Waals surface area contributed by atoms with Gasteiger partial charge < -0.3 is 20.7 Å². The third-order valence-electron chi connectivity index (χ3n) is 4.37. The molecule has 0 saturated heterocycles. The maximum absolute atomic E-state index is 8.90. The van der Waals surface area contributed by atoms with E-state index < -0.39 is 0 Å². The number of hydrogen-bond acceptors (Lipinski definition) is 5. The fourth-order valence-corrected chi connectivity index (χ4v) is 3.33. The summed E-state index contributed by atoms with van der Waals surface area (Å²) in [6, 6.07) is 17.8. The number of aromatic nitrogens is 3. The molecule has 0 aliphatic heterocycles. The van der Waals surface area contributed by atoms with Gasteiger partial charge in [0, 0.05) is 18.3 Å². The maximum Gasteiger partial charge on any atom is 0.156 e. The third kappa shape index (κ3) is 3.84. The molecule has 2 heterocycles. The largest absolute Gasteiger partial charge is 0.395 e. The van der Waals surface area contributed by atoms with Crippen molar-refractivity contribution in [2.45, 2.75) is 6.54 Å². The molecule has 0 amide bonds. The van der Waals surface area contributed by atoms with Gasteiger partial charge in [-0.2, -0.15) is 0 Å². The zero-order chi connectivity index (χ0) is 19.3. The van der Waals surface area contributed by atoms with E-state index in [0.717, 1.165) is 33.7 Å². The molecule has 6 nitrogen and oxygen atoms in total. The summed E-state index contributed by atoms with van der Waals surface area (Å²) in [7, 11) is 0. The van der Waals surface area contributed by atoms with Crippen molar-refractivity contribution in [2.24, 2.45) is 0 Å². The minimum Gasteiger partial charge on any atom is -0.395 e. The van der Waals surface area contributed by atoms with E-state index in [4.69, 9.17) is 16.7 Å². The average Bonchev–Trinajstić information content (AvgIpc) is 3.14. The van der Waals surface area contributed by atoms with Crippen molar-refractivity contribution in [3.05, 3.63) is 71.6 Å². The SMILES string of the molecule is OCCNCc1nc2ccnc(Nc3cccc(-c4ccccc4)c3Cl)c2[nH]1. The predicted octanol–water partition coefficient (Wildman–Crippen LogP) is 4.10. The van der Waals surface area contributed by atoms with Crippen molar-refractivity contribution in [3.63, 3.8) is 0 Å². The predicted molar refractivity (Wildman–Crippen MR) is 113 cm³/mol. The van der Waals surface area contributed by atoms with E-state index >= 15 is 0 Å². The number of nitrogens with one attached hydrogen (secondary N) is 3. The van der Waals surface area contributed by atoms with Gasteiger partial charge >= 0.3 is 0 Å². The van der Waals surface area contributed by atoms with E-state index in [9.17, 15) is 0 Å². The Morgan fingerprint density at radius 3 is 2.71 bits per heavy atom. The number of pyridine rings is 1. The first-order valence-corrected chi connectivity index (χ1v) is 9.40. The quantitative estimate of drug-likeness (QED) is 0.355. The first kappa shape index (κ1) is 18.4. The van der Waals surface area contributed by atoms with Crippen LogP contribution in [0.4, 0.5) is 11.5 Å². The summed E-state index contributed by atoms with van der Waals surface area (Å²) in [6.07, 6.45) is 1.71. The molecule has 0 fully saturated rings. The Balaban J connectivity index is 1.65. The second-order valence-electron chi connectivity index (χ2n) is 6.30. The Labute approximate surface area is 167 Å². The zero-order valence-electron chi connectivity index (χ0n) is 15.1.